The van der Waals surface area contributed by atoms with Crippen LogP contribution in [0.15, 0.2) is 0 Å². The molecule has 1 rings (SSSR count). The molecular formula is C9H19N7. The first-order valence-corrected chi connectivity index (χ1v) is 5.14. The van der Waals surface area contributed by atoms with Crippen molar-refractivity contribution in [3.05, 3.63) is 0 Å². The van der Waals surface area contributed by atoms with Crippen LogP contribution in [0.1, 0.15) is 6.92 Å². The minimum absolute atomic E-state index is 0.527. The maximum atomic E-state index is 4.27. The number of hydrogen-bond donors (Lipinski definition) is 2. The van der Waals surface area contributed by atoms with Gasteiger partial charge in [0.05, 0.1) is 0 Å². The van der Waals surface area contributed by atoms with Crippen molar-refractivity contribution in [3.63, 3.8) is 0 Å². The molecule has 2 N–H and O–H groups in total. The number of hydrazine groups is 1. The van der Waals surface area contributed by atoms with Crippen LogP contribution in [-0.2, 0) is 0 Å². The number of anilines is 3. The van der Waals surface area contributed by atoms with Crippen LogP contribution in [0.25, 0.3) is 0 Å². The first-order chi connectivity index (χ1) is 7.52. The summed E-state index contributed by atoms with van der Waals surface area (Å²) in [5, 5.41) is 4.85. The van der Waals surface area contributed by atoms with Crippen LogP contribution in [0.5, 0.6) is 0 Å². The van der Waals surface area contributed by atoms with E-state index in [9.17, 15) is 0 Å². The molecule has 1 aromatic rings. The van der Waals surface area contributed by atoms with Crippen LogP contribution < -0.4 is 15.6 Å². The lowest BCUT2D eigenvalue weighted by atomic mass is 10.7. The molecule has 1 heterocycles. The summed E-state index contributed by atoms with van der Waals surface area (Å²) in [6, 6.07) is 0. The first kappa shape index (κ1) is 12.4. The molecular weight excluding hydrogens is 206 g/mol. The van der Waals surface area contributed by atoms with Crippen LogP contribution in [0.3, 0.4) is 0 Å². The van der Waals surface area contributed by atoms with Gasteiger partial charge in [0.25, 0.3) is 0 Å². The van der Waals surface area contributed by atoms with E-state index in [1.165, 1.54) is 0 Å². The maximum absolute atomic E-state index is 4.27. The van der Waals surface area contributed by atoms with E-state index in [1.807, 2.05) is 40.0 Å². The second-order valence-electron chi connectivity index (χ2n) is 3.71. The topological polar surface area (TPSA) is 69.2 Å². The van der Waals surface area contributed by atoms with Crippen LogP contribution in [0.4, 0.5) is 17.8 Å². The predicted molar refractivity (Wildman–Crippen MR) is 65.6 cm³/mol. The largest absolute Gasteiger partial charge is 0.354 e. The average Bonchev–Trinajstić information content (AvgIpc) is 2.16. The molecule has 0 aromatic carbocycles. The molecule has 0 saturated carbocycles. The van der Waals surface area contributed by atoms with E-state index >= 15 is 0 Å². The van der Waals surface area contributed by atoms with E-state index in [-0.39, 0.29) is 0 Å². The molecule has 7 heteroatoms. The average molecular weight is 225 g/mol. The van der Waals surface area contributed by atoms with E-state index in [2.05, 4.69) is 25.7 Å². The molecule has 0 spiro atoms. The van der Waals surface area contributed by atoms with E-state index in [1.54, 1.807) is 5.01 Å². The Labute approximate surface area is 95.9 Å². The zero-order valence-electron chi connectivity index (χ0n) is 10.4. The summed E-state index contributed by atoms with van der Waals surface area (Å²) in [6.07, 6.45) is 0. The van der Waals surface area contributed by atoms with Crippen molar-refractivity contribution in [1.29, 1.82) is 0 Å². The summed E-state index contributed by atoms with van der Waals surface area (Å²) in [7, 11) is 7.55. The van der Waals surface area contributed by atoms with Crippen LogP contribution >= 0.6 is 0 Å². The third-order valence-electron chi connectivity index (χ3n) is 1.68. The van der Waals surface area contributed by atoms with Gasteiger partial charge in [-0.1, -0.05) is 0 Å². The number of nitrogens with zero attached hydrogens (tertiary/aromatic N) is 5. The molecule has 90 valence electrons. The van der Waals surface area contributed by atoms with Gasteiger partial charge in [-0.05, 0) is 6.92 Å². The standard InChI is InChI=1S/C9H19N7/c1-6-10-7-11-8(14-16(4)5)13-9(12-7)15(2)3/h6H2,1-5H3,(H2,10,11,12,13,14). The molecule has 0 aliphatic carbocycles. The zero-order valence-corrected chi connectivity index (χ0v) is 10.4. The normalized spacial score (nSPS) is 10.4. The summed E-state index contributed by atoms with van der Waals surface area (Å²) in [5.74, 6) is 1.72. The first-order valence-electron chi connectivity index (χ1n) is 5.14. The van der Waals surface area contributed by atoms with Crippen LogP contribution in [0, 0.1) is 0 Å². The number of aromatic nitrogens is 3. The molecule has 0 radical (unpaired) electrons. The smallest absolute Gasteiger partial charge is 0.244 e. The van der Waals surface area contributed by atoms with Crippen LogP contribution in [-0.4, -0.2) is 54.7 Å². The summed E-state index contributed by atoms with van der Waals surface area (Å²) in [6.45, 7) is 2.77. The second-order valence-corrected chi connectivity index (χ2v) is 3.71. The van der Waals surface area contributed by atoms with Crippen LogP contribution in [0.2, 0.25) is 0 Å². The molecule has 0 amide bonds. The molecule has 0 fully saturated rings. The maximum Gasteiger partial charge on any atom is 0.244 e. The Balaban J connectivity index is 2.98. The van der Waals surface area contributed by atoms with Gasteiger partial charge >= 0.3 is 0 Å². The molecule has 1 aromatic heterocycles. The SMILES string of the molecule is CCNc1nc(NN(C)C)nc(N(C)C)n1. The van der Waals surface area contributed by atoms with Crippen molar-refractivity contribution in [2.75, 3.05) is 50.4 Å². The summed E-state index contributed by atoms with van der Waals surface area (Å²) < 4.78 is 0. The minimum atomic E-state index is 0.527. The third-order valence-corrected chi connectivity index (χ3v) is 1.68. The fourth-order valence-corrected chi connectivity index (χ4v) is 1.05. The van der Waals surface area contributed by atoms with E-state index < -0.39 is 0 Å². The Morgan fingerprint density at radius 2 is 1.62 bits per heavy atom. The van der Waals surface area contributed by atoms with Crippen molar-refractivity contribution < 1.29 is 0 Å². The lowest BCUT2D eigenvalue weighted by molar-refractivity contribution is 0.488. The molecule has 0 saturated heterocycles. The number of nitrogens with one attached hydrogen (secondary N) is 2. The van der Waals surface area contributed by atoms with Gasteiger partial charge in [-0.15, -0.1) is 0 Å². The van der Waals surface area contributed by atoms with Crippen molar-refractivity contribution in [1.82, 2.24) is 20.0 Å². The second kappa shape index (κ2) is 5.45. The van der Waals surface area contributed by atoms with Gasteiger partial charge in [0, 0.05) is 34.7 Å². The molecule has 0 aliphatic heterocycles. The predicted octanol–water partition coefficient (Wildman–Crippen LogP) is 0.258. The fraction of sp³-hybridized carbons (Fsp3) is 0.667. The number of rotatable bonds is 5. The summed E-state index contributed by atoms with van der Waals surface area (Å²) in [5.41, 5.74) is 3.00. The Morgan fingerprint density at radius 1 is 1.00 bits per heavy atom. The van der Waals surface area contributed by atoms with Gasteiger partial charge in [-0.3, -0.25) is 5.43 Å². The van der Waals surface area contributed by atoms with Crippen molar-refractivity contribution in [2.45, 2.75) is 6.92 Å². The summed E-state index contributed by atoms with van der Waals surface area (Å²) >= 11 is 0. The van der Waals surface area contributed by atoms with Crippen molar-refractivity contribution in [2.24, 2.45) is 0 Å². The Hall–Kier alpha value is -1.63. The van der Waals surface area contributed by atoms with Gasteiger partial charge in [-0.2, -0.15) is 15.0 Å². The molecule has 0 unspecified atom stereocenters. The van der Waals surface area contributed by atoms with Gasteiger partial charge < -0.3 is 10.2 Å². The minimum Gasteiger partial charge on any atom is -0.354 e. The third kappa shape index (κ3) is 3.50. The van der Waals surface area contributed by atoms with Gasteiger partial charge in [0.1, 0.15) is 0 Å². The highest BCUT2D eigenvalue weighted by Gasteiger charge is 2.07. The van der Waals surface area contributed by atoms with Gasteiger partial charge in [0.15, 0.2) is 0 Å². The Kier molecular flexibility index (Phi) is 4.24. The monoisotopic (exact) mass is 225 g/mol. The van der Waals surface area contributed by atoms with Crippen molar-refractivity contribution >= 4 is 17.8 Å². The molecule has 16 heavy (non-hydrogen) atoms. The van der Waals surface area contributed by atoms with E-state index in [4.69, 9.17) is 0 Å². The highest BCUT2D eigenvalue weighted by molar-refractivity contribution is 5.42. The summed E-state index contributed by atoms with van der Waals surface area (Å²) in [4.78, 5) is 14.6. The Bertz CT molecular complexity index is 337. The van der Waals surface area contributed by atoms with E-state index in [0.29, 0.717) is 17.8 Å². The fourth-order valence-electron chi connectivity index (χ4n) is 1.05. The zero-order chi connectivity index (χ0) is 12.1. The lowest BCUT2D eigenvalue weighted by Crippen LogP contribution is -2.23. The molecule has 7 nitrogen and oxygen atoms in total. The van der Waals surface area contributed by atoms with E-state index in [0.717, 1.165) is 6.54 Å². The molecule has 0 atom stereocenters. The quantitative estimate of drug-likeness (QED) is 0.696. The highest BCUT2D eigenvalue weighted by Crippen LogP contribution is 2.11. The van der Waals surface area contributed by atoms with Crippen molar-refractivity contribution in [3.8, 4) is 0 Å². The molecule has 0 aliphatic rings. The number of hydrogen-bond acceptors (Lipinski definition) is 7. The van der Waals surface area contributed by atoms with Gasteiger partial charge in [-0.25, -0.2) is 5.01 Å². The Morgan fingerprint density at radius 3 is 2.12 bits per heavy atom. The lowest BCUT2D eigenvalue weighted by Gasteiger charge is -2.16. The highest BCUT2D eigenvalue weighted by atomic mass is 15.5. The van der Waals surface area contributed by atoms with Gasteiger partial charge in [0.2, 0.25) is 17.8 Å². The molecule has 0 bridgehead atoms.